The summed E-state index contributed by atoms with van der Waals surface area (Å²) in [4.78, 5) is 3.53. The zero-order chi connectivity index (χ0) is 14.0. The average Bonchev–Trinajstić information content (AvgIpc) is 2.32. The van der Waals surface area contributed by atoms with Gasteiger partial charge in [-0.2, -0.15) is 13.2 Å². The lowest BCUT2D eigenvalue weighted by Crippen LogP contribution is -2.05. The molecule has 0 saturated carbocycles. The highest BCUT2D eigenvalue weighted by Crippen LogP contribution is 2.32. The maximum absolute atomic E-state index is 13.4. The number of halogens is 5. The second kappa shape index (κ2) is 5.05. The quantitative estimate of drug-likeness (QED) is 0.761. The molecule has 0 aliphatic carbocycles. The Hall–Kier alpha value is -1.82. The molecule has 1 heterocycles. The maximum atomic E-state index is 13.4. The molecule has 2 rings (SSSR count). The molecular weight excluding hydrogens is 286 g/mol. The van der Waals surface area contributed by atoms with Gasteiger partial charge in [0, 0.05) is 23.4 Å². The molecule has 0 unspecified atom stereocenters. The van der Waals surface area contributed by atoms with Gasteiger partial charge in [-0.15, -0.1) is 0 Å². The summed E-state index contributed by atoms with van der Waals surface area (Å²) in [6, 6.07) is 6.09. The molecule has 7 heteroatoms. The summed E-state index contributed by atoms with van der Waals surface area (Å²) in [6.45, 7) is 0. The molecular formula is C12H5ClF4NO. The normalized spacial score (nSPS) is 11.4. The third-order valence-electron chi connectivity index (χ3n) is 2.09. The first-order valence-electron chi connectivity index (χ1n) is 4.94. The first kappa shape index (κ1) is 13.6. The monoisotopic (exact) mass is 290 g/mol. The largest absolute Gasteiger partial charge is 0.436 e. The predicted molar refractivity (Wildman–Crippen MR) is 59.6 cm³/mol. The van der Waals surface area contributed by atoms with E-state index in [2.05, 4.69) is 4.98 Å². The van der Waals surface area contributed by atoms with Crippen molar-refractivity contribution in [3.05, 3.63) is 52.9 Å². The van der Waals surface area contributed by atoms with Gasteiger partial charge < -0.3 is 4.74 Å². The summed E-state index contributed by atoms with van der Waals surface area (Å²) >= 11 is 5.54. The molecule has 0 saturated heterocycles. The Balaban J connectivity index is 2.29. The van der Waals surface area contributed by atoms with Gasteiger partial charge in [-0.3, -0.25) is 0 Å². The minimum Gasteiger partial charge on any atom is -0.436 e. The van der Waals surface area contributed by atoms with Crippen LogP contribution >= 0.6 is 11.6 Å². The number of pyridine rings is 1. The molecule has 1 radical (unpaired) electrons. The molecule has 19 heavy (non-hydrogen) atoms. The van der Waals surface area contributed by atoms with Crippen molar-refractivity contribution in [3.63, 3.8) is 0 Å². The van der Waals surface area contributed by atoms with Crippen LogP contribution in [0.3, 0.4) is 0 Å². The van der Waals surface area contributed by atoms with Crippen LogP contribution in [0.1, 0.15) is 5.56 Å². The number of hydrogen-bond donors (Lipinski definition) is 0. The van der Waals surface area contributed by atoms with Crippen molar-refractivity contribution in [3.8, 4) is 11.6 Å². The van der Waals surface area contributed by atoms with E-state index in [1.807, 2.05) is 6.07 Å². The SMILES string of the molecule is Fc1cc(Cl)ccc1Oc1cc(C(F)(F)F)[c]cn1. The number of hydrogen-bond acceptors (Lipinski definition) is 2. The number of alkyl halides is 3. The zero-order valence-electron chi connectivity index (χ0n) is 9.13. The summed E-state index contributed by atoms with van der Waals surface area (Å²) in [5.41, 5.74) is -1.05. The fraction of sp³-hybridized carbons (Fsp3) is 0.0833. The van der Waals surface area contributed by atoms with Crippen molar-refractivity contribution >= 4 is 11.6 Å². The lowest BCUT2D eigenvalue weighted by atomic mass is 10.2. The molecule has 2 nitrogen and oxygen atoms in total. The van der Waals surface area contributed by atoms with Gasteiger partial charge in [-0.25, -0.2) is 9.37 Å². The minimum atomic E-state index is -4.57. The molecule has 0 fully saturated rings. The predicted octanol–water partition coefficient (Wildman–Crippen LogP) is 4.49. The molecule has 0 amide bonds. The lowest BCUT2D eigenvalue weighted by molar-refractivity contribution is -0.138. The first-order valence-corrected chi connectivity index (χ1v) is 5.32. The van der Waals surface area contributed by atoms with Gasteiger partial charge in [-0.1, -0.05) is 11.6 Å². The van der Waals surface area contributed by atoms with E-state index in [1.165, 1.54) is 12.1 Å². The molecule has 0 spiro atoms. The van der Waals surface area contributed by atoms with Gasteiger partial charge in [0.15, 0.2) is 11.6 Å². The van der Waals surface area contributed by atoms with Gasteiger partial charge in [0.05, 0.1) is 5.56 Å². The van der Waals surface area contributed by atoms with Crippen molar-refractivity contribution in [1.29, 1.82) is 0 Å². The second-order valence-electron chi connectivity index (χ2n) is 3.47. The van der Waals surface area contributed by atoms with Crippen molar-refractivity contribution in [2.24, 2.45) is 0 Å². The number of rotatable bonds is 2. The Morgan fingerprint density at radius 1 is 1.21 bits per heavy atom. The van der Waals surface area contributed by atoms with Crippen LogP contribution < -0.4 is 4.74 Å². The van der Waals surface area contributed by atoms with Crippen LogP contribution in [-0.2, 0) is 6.18 Å². The highest BCUT2D eigenvalue weighted by Gasteiger charge is 2.31. The van der Waals surface area contributed by atoms with E-state index in [1.54, 1.807) is 0 Å². The van der Waals surface area contributed by atoms with Gasteiger partial charge in [-0.05, 0) is 18.2 Å². The van der Waals surface area contributed by atoms with Gasteiger partial charge in [0.25, 0.3) is 0 Å². The third-order valence-corrected chi connectivity index (χ3v) is 2.33. The summed E-state index contributed by atoms with van der Waals surface area (Å²) in [6.07, 6.45) is -3.76. The Kier molecular flexibility index (Phi) is 3.61. The Labute approximate surface area is 110 Å². The van der Waals surface area contributed by atoms with E-state index >= 15 is 0 Å². The highest BCUT2D eigenvalue weighted by atomic mass is 35.5. The average molecular weight is 291 g/mol. The third kappa shape index (κ3) is 3.35. The maximum Gasteiger partial charge on any atom is 0.417 e. The summed E-state index contributed by atoms with van der Waals surface area (Å²) in [7, 11) is 0. The van der Waals surface area contributed by atoms with E-state index < -0.39 is 17.6 Å². The molecule has 0 aliphatic heterocycles. The molecule has 0 N–H and O–H groups in total. The van der Waals surface area contributed by atoms with E-state index in [-0.39, 0.29) is 16.7 Å². The van der Waals surface area contributed by atoms with Crippen LogP contribution in [0.5, 0.6) is 11.6 Å². The molecule has 99 valence electrons. The summed E-state index contributed by atoms with van der Waals surface area (Å²) in [5.74, 6) is -1.45. The van der Waals surface area contributed by atoms with Crippen LogP contribution in [-0.4, -0.2) is 4.98 Å². The Morgan fingerprint density at radius 2 is 1.95 bits per heavy atom. The highest BCUT2D eigenvalue weighted by molar-refractivity contribution is 6.30. The number of ether oxygens (including phenoxy) is 1. The van der Waals surface area contributed by atoms with E-state index in [0.29, 0.717) is 6.07 Å². The molecule has 1 aromatic carbocycles. The standard InChI is InChI=1S/C12H5ClF4NO/c13-8-1-2-10(9(14)6-8)19-11-5-7(3-4-18-11)12(15,16)17/h1-2,4-6H. The van der Waals surface area contributed by atoms with Gasteiger partial charge in [0.2, 0.25) is 5.88 Å². The van der Waals surface area contributed by atoms with E-state index in [4.69, 9.17) is 16.3 Å². The minimum absolute atomic E-state index is 0.148. The zero-order valence-corrected chi connectivity index (χ0v) is 9.89. The Bertz CT molecular complexity index is 601. The van der Waals surface area contributed by atoms with Gasteiger partial charge >= 0.3 is 6.18 Å². The lowest BCUT2D eigenvalue weighted by Gasteiger charge is -2.09. The molecule has 0 bridgehead atoms. The number of nitrogens with zero attached hydrogens (tertiary/aromatic N) is 1. The summed E-state index contributed by atoms with van der Waals surface area (Å²) < 4.78 is 55.6. The van der Waals surface area contributed by atoms with E-state index in [9.17, 15) is 17.6 Å². The topological polar surface area (TPSA) is 22.1 Å². The van der Waals surface area contributed by atoms with Crippen molar-refractivity contribution in [1.82, 2.24) is 4.98 Å². The Morgan fingerprint density at radius 3 is 2.58 bits per heavy atom. The molecule has 2 aromatic rings. The molecule has 0 atom stereocenters. The van der Waals surface area contributed by atoms with Crippen LogP contribution in [0, 0.1) is 11.9 Å². The second-order valence-corrected chi connectivity index (χ2v) is 3.91. The van der Waals surface area contributed by atoms with Crippen molar-refractivity contribution in [2.75, 3.05) is 0 Å². The molecule has 0 aliphatic rings. The van der Waals surface area contributed by atoms with Crippen LogP contribution in [0.4, 0.5) is 17.6 Å². The number of aromatic nitrogens is 1. The van der Waals surface area contributed by atoms with E-state index in [0.717, 1.165) is 12.3 Å². The van der Waals surface area contributed by atoms with Gasteiger partial charge in [0.1, 0.15) is 0 Å². The molecule has 1 aromatic heterocycles. The van der Waals surface area contributed by atoms with Crippen LogP contribution in [0.25, 0.3) is 0 Å². The van der Waals surface area contributed by atoms with Crippen molar-refractivity contribution in [2.45, 2.75) is 6.18 Å². The smallest absolute Gasteiger partial charge is 0.417 e. The summed E-state index contributed by atoms with van der Waals surface area (Å²) in [5, 5.41) is 0.148. The first-order chi connectivity index (χ1) is 8.86. The van der Waals surface area contributed by atoms with Crippen LogP contribution in [0.15, 0.2) is 30.5 Å². The fourth-order valence-corrected chi connectivity index (χ4v) is 1.42. The van der Waals surface area contributed by atoms with Crippen molar-refractivity contribution < 1.29 is 22.3 Å². The fourth-order valence-electron chi connectivity index (χ4n) is 1.26. The van der Waals surface area contributed by atoms with Crippen LogP contribution in [0.2, 0.25) is 5.02 Å². The number of benzene rings is 1.